The number of sulfonamides is 1. The second-order valence-corrected chi connectivity index (χ2v) is 12.8. The van der Waals surface area contributed by atoms with Gasteiger partial charge < -0.3 is 14.6 Å². The number of carbonyl (C=O) groups is 1. The fourth-order valence-electron chi connectivity index (χ4n) is 5.01. The lowest BCUT2D eigenvalue weighted by molar-refractivity contribution is -0.136. The molecule has 4 rings (SSSR count). The lowest BCUT2D eigenvalue weighted by Crippen LogP contribution is -2.51. The number of rotatable bonds is 6. The van der Waals surface area contributed by atoms with Crippen molar-refractivity contribution in [1.82, 2.24) is 19.2 Å². The Labute approximate surface area is 211 Å². The highest BCUT2D eigenvalue weighted by Gasteiger charge is 2.37. The van der Waals surface area contributed by atoms with Crippen molar-refractivity contribution in [2.45, 2.75) is 82.3 Å². The van der Waals surface area contributed by atoms with Gasteiger partial charge in [-0.2, -0.15) is 4.31 Å². The zero-order chi connectivity index (χ0) is 26.3. The van der Waals surface area contributed by atoms with E-state index in [4.69, 9.17) is 9.72 Å². The molecule has 1 aliphatic carbocycles. The summed E-state index contributed by atoms with van der Waals surface area (Å²) < 4.78 is 63.1. The molecule has 1 amide bonds. The molecule has 1 saturated carbocycles. The molecule has 1 aromatic heterocycles. The number of carbonyl (C=O) groups excluding carboxylic acids is 1. The summed E-state index contributed by atoms with van der Waals surface area (Å²) in [5.41, 5.74) is 1.02. The summed E-state index contributed by atoms with van der Waals surface area (Å²) in [6.07, 6.45) is -0.159. The molecular formula is C25H36F2N4O4S. The van der Waals surface area contributed by atoms with Crippen LogP contribution in [0.25, 0.3) is 11.0 Å². The van der Waals surface area contributed by atoms with Crippen LogP contribution in [-0.2, 0) is 31.5 Å². The fourth-order valence-corrected chi connectivity index (χ4v) is 6.45. The number of likely N-dealkylation sites (N-methyl/N-ethyl adjacent to an activating group) is 1. The molecule has 2 fully saturated rings. The van der Waals surface area contributed by atoms with Crippen LogP contribution in [0, 0.1) is 5.92 Å². The van der Waals surface area contributed by atoms with Gasteiger partial charge in [0.05, 0.1) is 22.5 Å². The summed E-state index contributed by atoms with van der Waals surface area (Å²) >= 11 is 0. The number of halogens is 2. The van der Waals surface area contributed by atoms with E-state index in [-0.39, 0.29) is 54.7 Å². The molecule has 2 heterocycles. The molecule has 1 aromatic carbocycles. The molecule has 0 bridgehead atoms. The number of nitrogens with one attached hydrogen (secondary N) is 1. The van der Waals surface area contributed by atoms with Crippen LogP contribution in [-0.4, -0.2) is 66.4 Å². The molecule has 1 aliphatic heterocycles. The van der Waals surface area contributed by atoms with Crippen molar-refractivity contribution >= 4 is 27.0 Å². The Morgan fingerprint density at radius 1 is 1.25 bits per heavy atom. The molecule has 0 unspecified atom stereocenters. The number of benzene rings is 1. The fraction of sp³-hybridized carbons (Fsp3) is 0.680. The summed E-state index contributed by atoms with van der Waals surface area (Å²) in [7, 11) is -3.87. The first-order valence-corrected chi connectivity index (χ1v) is 14.0. The van der Waals surface area contributed by atoms with E-state index in [1.807, 2.05) is 20.8 Å². The van der Waals surface area contributed by atoms with Crippen molar-refractivity contribution in [3.8, 4) is 0 Å². The molecule has 11 heteroatoms. The van der Waals surface area contributed by atoms with E-state index in [0.717, 1.165) is 11.3 Å². The minimum Gasteiger partial charge on any atom is -0.366 e. The summed E-state index contributed by atoms with van der Waals surface area (Å²) in [5, 5.41) is 2.67. The summed E-state index contributed by atoms with van der Waals surface area (Å²) in [5.74, 6) is -2.00. The molecular weight excluding hydrogens is 490 g/mol. The van der Waals surface area contributed by atoms with Gasteiger partial charge in [0.2, 0.25) is 15.9 Å². The Hall–Kier alpha value is -2.11. The van der Waals surface area contributed by atoms with Gasteiger partial charge in [-0.1, -0.05) is 20.8 Å². The van der Waals surface area contributed by atoms with E-state index in [1.165, 1.54) is 4.31 Å². The predicted octanol–water partition coefficient (Wildman–Crippen LogP) is 3.68. The second-order valence-electron chi connectivity index (χ2n) is 10.9. The first kappa shape index (κ1) is 26.9. The smallest absolute Gasteiger partial charge is 0.250 e. The molecule has 0 spiro atoms. The number of morpholine rings is 1. The Morgan fingerprint density at radius 3 is 2.58 bits per heavy atom. The Balaban J connectivity index is 1.63. The average Bonchev–Trinajstić information content (AvgIpc) is 3.19. The normalized spacial score (nSPS) is 22.1. The Morgan fingerprint density at radius 2 is 1.94 bits per heavy atom. The van der Waals surface area contributed by atoms with Crippen LogP contribution in [0.2, 0.25) is 0 Å². The van der Waals surface area contributed by atoms with Crippen molar-refractivity contribution in [2.75, 3.05) is 26.2 Å². The summed E-state index contributed by atoms with van der Waals surface area (Å²) in [6, 6.07) is 4.89. The van der Waals surface area contributed by atoms with Crippen LogP contribution in [0.5, 0.6) is 0 Å². The number of nitrogens with zero attached hydrogens (tertiary/aromatic N) is 3. The quantitative estimate of drug-likeness (QED) is 0.620. The van der Waals surface area contributed by atoms with Crippen molar-refractivity contribution in [2.24, 2.45) is 5.92 Å². The van der Waals surface area contributed by atoms with Crippen LogP contribution < -0.4 is 5.32 Å². The topological polar surface area (TPSA) is 93.5 Å². The van der Waals surface area contributed by atoms with Gasteiger partial charge in [0.1, 0.15) is 11.9 Å². The third-order valence-electron chi connectivity index (χ3n) is 6.98. The first-order chi connectivity index (χ1) is 16.8. The van der Waals surface area contributed by atoms with E-state index >= 15 is 0 Å². The molecule has 1 N–H and O–H groups in total. The van der Waals surface area contributed by atoms with Gasteiger partial charge in [0, 0.05) is 44.4 Å². The minimum atomic E-state index is -3.87. The minimum absolute atomic E-state index is 0.0554. The zero-order valence-corrected chi connectivity index (χ0v) is 22.2. The predicted molar refractivity (Wildman–Crippen MR) is 133 cm³/mol. The Bertz CT molecular complexity index is 1210. The van der Waals surface area contributed by atoms with Crippen molar-refractivity contribution < 1.29 is 26.7 Å². The summed E-state index contributed by atoms with van der Waals surface area (Å²) in [6.45, 7) is 9.13. The number of fused-ring (bicyclic) bond motifs is 1. The van der Waals surface area contributed by atoms with Gasteiger partial charge >= 0.3 is 0 Å². The van der Waals surface area contributed by atoms with E-state index in [2.05, 4.69) is 9.88 Å². The monoisotopic (exact) mass is 526 g/mol. The molecule has 1 atom stereocenters. The molecule has 36 heavy (non-hydrogen) atoms. The lowest BCUT2D eigenvalue weighted by Gasteiger charge is -2.31. The number of imidazole rings is 1. The highest BCUT2D eigenvalue weighted by molar-refractivity contribution is 7.89. The third kappa shape index (κ3) is 5.57. The van der Waals surface area contributed by atoms with Gasteiger partial charge in [0.25, 0.3) is 5.91 Å². The number of hydrogen-bond acceptors (Lipinski definition) is 5. The summed E-state index contributed by atoms with van der Waals surface area (Å²) in [4.78, 5) is 17.1. The van der Waals surface area contributed by atoms with E-state index in [0.29, 0.717) is 31.4 Å². The number of amides is 1. The number of aromatic nitrogens is 2. The molecule has 0 radical (unpaired) electrons. The Kier molecular flexibility index (Phi) is 7.47. The lowest BCUT2D eigenvalue weighted by atomic mass is 9.86. The first-order valence-electron chi connectivity index (χ1n) is 12.6. The van der Waals surface area contributed by atoms with Crippen LogP contribution >= 0.6 is 0 Å². The third-order valence-corrected chi connectivity index (χ3v) is 8.84. The molecule has 2 aromatic rings. The standard InChI is InChI=1S/C25H36F2N4O4S/c1-5-28-22(32)21-16-30(12-13-35-21)36(33,34)18-6-7-20-19(14-18)29-23(24(2,3)4)31(20)15-17-8-10-25(26,27)11-9-17/h6-7,14,17,21H,5,8-13,15-16H2,1-4H3,(H,28,32)/t21-/m1/s1. The van der Waals surface area contributed by atoms with E-state index in [1.54, 1.807) is 25.1 Å². The van der Waals surface area contributed by atoms with Crippen LogP contribution in [0.1, 0.15) is 59.2 Å². The van der Waals surface area contributed by atoms with Gasteiger partial charge in [0.15, 0.2) is 0 Å². The second kappa shape index (κ2) is 9.98. The maximum atomic E-state index is 13.7. The molecule has 1 saturated heterocycles. The molecule has 200 valence electrons. The van der Waals surface area contributed by atoms with Crippen molar-refractivity contribution in [3.05, 3.63) is 24.0 Å². The number of ether oxygens (including phenoxy) is 1. The average molecular weight is 527 g/mol. The van der Waals surface area contributed by atoms with Gasteiger partial charge in [-0.3, -0.25) is 4.79 Å². The highest BCUT2D eigenvalue weighted by Crippen LogP contribution is 2.38. The van der Waals surface area contributed by atoms with Gasteiger partial charge in [-0.15, -0.1) is 0 Å². The van der Waals surface area contributed by atoms with Crippen molar-refractivity contribution in [3.63, 3.8) is 0 Å². The highest BCUT2D eigenvalue weighted by atomic mass is 32.2. The molecule has 2 aliphatic rings. The number of hydrogen-bond donors (Lipinski definition) is 1. The molecule has 8 nitrogen and oxygen atoms in total. The maximum absolute atomic E-state index is 13.7. The largest absolute Gasteiger partial charge is 0.366 e. The zero-order valence-electron chi connectivity index (χ0n) is 21.4. The SMILES string of the molecule is CCNC(=O)[C@H]1CN(S(=O)(=O)c2ccc3c(c2)nc(C(C)(C)C)n3CC2CCC(F)(F)CC2)CCO1. The maximum Gasteiger partial charge on any atom is 0.250 e. The van der Waals surface area contributed by atoms with E-state index in [9.17, 15) is 22.0 Å². The van der Waals surface area contributed by atoms with Crippen molar-refractivity contribution in [1.29, 1.82) is 0 Å². The van der Waals surface area contributed by atoms with Gasteiger partial charge in [-0.25, -0.2) is 22.2 Å². The van der Waals surface area contributed by atoms with Gasteiger partial charge in [-0.05, 0) is 43.9 Å². The van der Waals surface area contributed by atoms with Crippen LogP contribution in [0.3, 0.4) is 0 Å². The number of alkyl halides is 2. The van der Waals surface area contributed by atoms with Crippen LogP contribution in [0.15, 0.2) is 23.1 Å². The van der Waals surface area contributed by atoms with Crippen LogP contribution in [0.4, 0.5) is 8.78 Å². The van der Waals surface area contributed by atoms with E-state index < -0.39 is 22.0 Å².